The highest BCUT2D eigenvalue weighted by Gasteiger charge is 2.22. The molecular formula is C20H26N2O4S. The van der Waals surface area contributed by atoms with Gasteiger partial charge in [-0.2, -0.15) is 0 Å². The summed E-state index contributed by atoms with van der Waals surface area (Å²) >= 11 is 1.70. The smallest absolute Gasteiger partial charge is 0.254 e. The van der Waals surface area contributed by atoms with Crippen LogP contribution in [0.2, 0.25) is 0 Å². The zero-order valence-corrected chi connectivity index (χ0v) is 16.8. The first-order valence-corrected chi connectivity index (χ1v) is 9.88. The summed E-state index contributed by atoms with van der Waals surface area (Å²) in [6.07, 6.45) is 1.19. The van der Waals surface area contributed by atoms with Gasteiger partial charge >= 0.3 is 0 Å². The Bertz CT molecular complexity index is 753. The first kappa shape index (κ1) is 21.1. The predicted molar refractivity (Wildman–Crippen MR) is 104 cm³/mol. The molecule has 1 amide bonds. The van der Waals surface area contributed by atoms with E-state index in [4.69, 9.17) is 4.42 Å². The van der Waals surface area contributed by atoms with Crippen molar-refractivity contribution >= 4 is 23.6 Å². The van der Waals surface area contributed by atoms with Crippen LogP contribution in [0.25, 0.3) is 0 Å². The van der Waals surface area contributed by atoms with E-state index in [1.54, 1.807) is 17.8 Å². The largest absolute Gasteiger partial charge is 0.550 e. The maximum absolute atomic E-state index is 12.4. The fourth-order valence-corrected chi connectivity index (χ4v) is 3.59. The topological polar surface area (TPSA) is 82.4 Å². The number of aliphatic carboxylic acids is 1. The lowest BCUT2D eigenvalue weighted by Gasteiger charge is -2.29. The van der Waals surface area contributed by atoms with Gasteiger partial charge in [0, 0.05) is 18.1 Å². The van der Waals surface area contributed by atoms with Crippen LogP contribution in [0, 0.1) is 0 Å². The minimum absolute atomic E-state index is 0.223. The molecule has 27 heavy (non-hydrogen) atoms. The fraction of sp³-hybridized carbons (Fsp3) is 0.400. The third kappa shape index (κ3) is 7.88. The molecule has 1 aromatic carbocycles. The van der Waals surface area contributed by atoms with Gasteiger partial charge in [-0.1, -0.05) is 30.3 Å². The predicted octanol–water partition coefficient (Wildman–Crippen LogP) is 1.66. The number of carboxylic acids is 1. The van der Waals surface area contributed by atoms with Crippen molar-refractivity contribution in [2.24, 2.45) is 0 Å². The number of nitrogens with one attached hydrogen (secondary N) is 1. The number of furan rings is 1. The molecule has 6 nitrogen and oxygen atoms in total. The molecule has 2 rings (SSSR count). The normalized spacial score (nSPS) is 12.6. The highest BCUT2D eigenvalue weighted by molar-refractivity contribution is 7.97. The van der Waals surface area contributed by atoms with Gasteiger partial charge in [0.25, 0.3) is 5.91 Å². The molecule has 1 N–H and O–H groups in total. The van der Waals surface area contributed by atoms with Crippen LogP contribution in [-0.4, -0.2) is 50.1 Å². The number of carbonyl (C=O) groups excluding carboxylic acids is 2. The molecule has 1 atom stereocenters. The SMILES string of the molecule is C[N+](C)(C)C[C@@H](CC(=O)[O-])NC(=O)c1coc(CSCc2ccccc2)c1. The van der Waals surface area contributed by atoms with E-state index in [9.17, 15) is 14.7 Å². The Kier molecular flexibility index (Phi) is 7.50. The van der Waals surface area contributed by atoms with E-state index < -0.39 is 12.0 Å². The molecule has 1 aromatic heterocycles. The van der Waals surface area contributed by atoms with Gasteiger partial charge in [-0.05, 0) is 11.6 Å². The van der Waals surface area contributed by atoms with E-state index >= 15 is 0 Å². The van der Waals surface area contributed by atoms with Crippen molar-refractivity contribution < 1.29 is 23.6 Å². The number of quaternary nitrogens is 1. The van der Waals surface area contributed by atoms with Crippen molar-refractivity contribution in [2.75, 3.05) is 27.7 Å². The molecule has 0 radical (unpaired) electrons. The zero-order valence-electron chi connectivity index (χ0n) is 15.9. The highest BCUT2D eigenvalue weighted by Crippen LogP contribution is 2.19. The number of thioether (sulfide) groups is 1. The number of amides is 1. The number of likely N-dealkylation sites (N-methyl/N-ethyl adjacent to an activating group) is 1. The summed E-state index contributed by atoms with van der Waals surface area (Å²) in [6, 6.07) is 11.3. The van der Waals surface area contributed by atoms with Crippen LogP contribution in [0.1, 0.15) is 28.1 Å². The minimum Gasteiger partial charge on any atom is -0.550 e. The van der Waals surface area contributed by atoms with Crippen LogP contribution in [0.5, 0.6) is 0 Å². The second-order valence-corrected chi connectivity index (χ2v) is 8.49. The van der Waals surface area contributed by atoms with Crippen LogP contribution in [-0.2, 0) is 16.3 Å². The Morgan fingerprint density at radius 3 is 2.52 bits per heavy atom. The van der Waals surface area contributed by atoms with E-state index in [-0.39, 0.29) is 12.3 Å². The lowest BCUT2D eigenvalue weighted by Crippen LogP contribution is -2.50. The van der Waals surface area contributed by atoms with Gasteiger partial charge in [0.2, 0.25) is 0 Å². The molecule has 0 saturated carbocycles. The maximum atomic E-state index is 12.4. The lowest BCUT2D eigenvalue weighted by atomic mass is 10.1. The van der Waals surface area contributed by atoms with Crippen molar-refractivity contribution in [1.29, 1.82) is 0 Å². The van der Waals surface area contributed by atoms with E-state index in [1.807, 2.05) is 39.3 Å². The van der Waals surface area contributed by atoms with Crippen molar-refractivity contribution in [3.8, 4) is 0 Å². The number of nitrogens with zero attached hydrogens (tertiary/aromatic N) is 1. The monoisotopic (exact) mass is 390 g/mol. The summed E-state index contributed by atoms with van der Waals surface area (Å²) in [4.78, 5) is 23.4. The average Bonchev–Trinajstić information content (AvgIpc) is 3.02. The number of hydrogen-bond acceptors (Lipinski definition) is 5. The molecule has 0 spiro atoms. The molecule has 0 aliphatic heterocycles. The van der Waals surface area contributed by atoms with Gasteiger partial charge in [-0.15, -0.1) is 11.8 Å². The zero-order chi connectivity index (χ0) is 19.9. The molecule has 0 bridgehead atoms. The van der Waals surface area contributed by atoms with Gasteiger partial charge in [0.05, 0.1) is 45.0 Å². The van der Waals surface area contributed by atoms with Crippen LogP contribution in [0.4, 0.5) is 0 Å². The van der Waals surface area contributed by atoms with Gasteiger partial charge in [-0.25, -0.2) is 0 Å². The highest BCUT2D eigenvalue weighted by atomic mass is 32.2. The van der Waals surface area contributed by atoms with Gasteiger partial charge < -0.3 is 24.1 Å². The first-order chi connectivity index (χ1) is 12.7. The Morgan fingerprint density at radius 2 is 1.89 bits per heavy atom. The number of benzene rings is 1. The summed E-state index contributed by atoms with van der Waals surface area (Å²) in [5, 5.41) is 13.7. The summed E-state index contributed by atoms with van der Waals surface area (Å²) in [5.41, 5.74) is 1.63. The first-order valence-electron chi connectivity index (χ1n) is 8.73. The minimum atomic E-state index is -1.18. The van der Waals surface area contributed by atoms with Gasteiger partial charge in [-0.3, -0.25) is 4.79 Å². The standard InChI is InChI=1S/C20H26N2O4S/c1-22(2,3)11-17(10-19(23)24)21-20(25)16-9-18(26-12-16)14-27-13-15-7-5-4-6-8-15/h4-9,12,17H,10-11,13-14H2,1-3H3,(H-,21,23,24,25)/t17-/m1/s1. The van der Waals surface area contributed by atoms with Crippen molar-refractivity contribution in [3.63, 3.8) is 0 Å². The van der Waals surface area contributed by atoms with E-state index in [1.165, 1.54) is 11.8 Å². The summed E-state index contributed by atoms with van der Waals surface area (Å²) in [6.45, 7) is 0.483. The number of carboxylic acid groups (broad SMARTS) is 1. The Labute approximate surface area is 164 Å². The molecule has 1 heterocycles. The van der Waals surface area contributed by atoms with Gasteiger partial charge in [0.1, 0.15) is 12.0 Å². The number of rotatable bonds is 10. The van der Waals surface area contributed by atoms with Crippen LogP contribution < -0.4 is 10.4 Å². The number of carbonyl (C=O) groups is 2. The van der Waals surface area contributed by atoms with E-state index in [0.29, 0.717) is 28.1 Å². The Hall–Kier alpha value is -2.25. The van der Waals surface area contributed by atoms with Gasteiger partial charge in [0.15, 0.2) is 0 Å². The summed E-state index contributed by atoms with van der Waals surface area (Å²) < 4.78 is 6.01. The average molecular weight is 391 g/mol. The van der Waals surface area contributed by atoms with Crippen molar-refractivity contribution in [1.82, 2.24) is 5.32 Å². The van der Waals surface area contributed by atoms with E-state index in [0.717, 1.165) is 5.75 Å². The molecule has 146 valence electrons. The molecular weight excluding hydrogens is 364 g/mol. The molecule has 0 saturated heterocycles. The molecule has 0 aliphatic rings. The molecule has 7 heteroatoms. The van der Waals surface area contributed by atoms with Crippen LogP contribution >= 0.6 is 11.8 Å². The number of hydrogen-bond donors (Lipinski definition) is 1. The van der Waals surface area contributed by atoms with Crippen molar-refractivity contribution in [3.05, 3.63) is 59.5 Å². The molecule has 0 aliphatic carbocycles. The summed E-state index contributed by atoms with van der Waals surface area (Å²) in [5.74, 6) is 0.713. The second-order valence-electron chi connectivity index (χ2n) is 7.50. The Morgan fingerprint density at radius 1 is 1.19 bits per heavy atom. The van der Waals surface area contributed by atoms with Crippen molar-refractivity contribution in [2.45, 2.75) is 24.0 Å². The van der Waals surface area contributed by atoms with E-state index in [2.05, 4.69) is 17.4 Å². The third-order valence-corrected chi connectivity index (χ3v) is 4.81. The Balaban J connectivity index is 1.89. The second kappa shape index (κ2) is 9.62. The van der Waals surface area contributed by atoms with Crippen LogP contribution in [0.15, 0.2) is 47.1 Å². The lowest BCUT2D eigenvalue weighted by molar-refractivity contribution is -0.871. The molecule has 0 unspecified atom stereocenters. The molecule has 2 aromatic rings. The quantitative estimate of drug-likeness (QED) is 0.624. The summed E-state index contributed by atoms with van der Waals surface area (Å²) in [7, 11) is 5.82. The fourth-order valence-electron chi connectivity index (χ4n) is 2.71. The van der Waals surface area contributed by atoms with Crippen LogP contribution in [0.3, 0.4) is 0 Å². The maximum Gasteiger partial charge on any atom is 0.254 e. The molecule has 0 fully saturated rings. The third-order valence-electron chi connectivity index (χ3n) is 3.79.